The highest BCUT2D eigenvalue weighted by molar-refractivity contribution is 5.69. The van der Waals surface area contributed by atoms with Gasteiger partial charge in [-0.3, -0.25) is 24.0 Å². The van der Waals surface area contributed by atoms with Crippen LogP contribution in [0.5, 0.6) is 0 Å². The molecule has 1 fully saturated rings. The van der Waals surface area contributed by atoms with E-state index in [1.54, 1.807) is 0 Å². The fraction of sp³-hybridized carbons (Fsp3) is 0.722. The topological polar surface area (TPSA) is 150 Å². The van der Waals surface area contributed by atoms with Crippen LogP contribution in [0.1, 0.15) is 34.6 Å². The molecule has 1 aliphatic rings. The van der Waals surface area contributed by atoms with Crippen LogP contribution < -0.4 is 0 Å². The minimum Gasteiger partial charge on any atom is -0.463 e. The van der Waals surface area contributed by atoms with E-state index in [0.29, 0.717) is 0 Å². The molecule has 0 amide bonds. The number of rotatable bonds is 8. The molecule has 0 aliphatic carbocycles. The van der Waals surface area contributed by atoms with Crippen LogP contribution in [0.15, 0.2) is 0 Å². The van der Waals surface area contributed by atoms with Crippen molar-refractivity contribution < 1.29 is 57.1 Å². The van der Waals surface area contributed by atoms with Crippen LogP contribution in [-0.4, -0.2) is 80.4 Å². The number of hydrogen-bond acceptors (Lipinski definition) is 12. The summed E-state index contributed by atoms with van der Waals surface area (Å²) in [5, 5.41) is 0. The summed E-state index contributed by atoms with van der Waals surface area (Å²) < 4.78 is 37.0. The maximum Gasteiger partial charge on any atom is 0.303 e. The van der Waals surface area contributed by atoms with E-state index in [9.17, 15) is 24.0 Å². The Morgan fingerprint density at radius 1 is 0.733 bits per heavy atom. The summed E-state index contributed by atoms with van der Waals surface area (Å²) in [6.45, 7) is 4.56. The van der Waals surface area contributed by atoms with Crippen molar-refractivity contribution in [3.63, 3.8) is 0 Å². The van der Waals surface area contributed by atoms with E-state index in [1.165, 1.54) is 7.11 Å². The molecule has 0 spiro atoms. The highest BCUT2D eigenvalue weighted by atomic mass is 16.8. The van der Waals surface area contributed by atoms with E-state index in [-0.39, 0.29) is 0 Å². The summed E-state index contributed by atoms with van der Waals surface area (Å²) in [5.74, 6) is -5.67. The zero-order valence-corrected chi connectivity index (χ0v) is 17.6. The van der Waals surface area contributed by atoms with Crippen molar-refractivity contribution in [1.82, 2.24) is 0 Å². The first-order chi connectivity index (χ1) is 13.9. The zero-order chi connectivity index (χ0) is 23.1. The molecule has 0 unspecified atom stereocenters. The SMILES string of the molecule is CO[C@@]1(COC(C)=O)O[C@H](COC(C)=O)[C@@H](OC(C)=O)[C@H](OC(C)=O)[C@@H]1OC(C)=O. The number of esters is 5. The third-order valence-corrected chi connectivity index (χ3v) is 3.94. The molecule has 12 heteroatoms. The van der Waals surface area contributed by atoms with Crippen LogP contribution >= 0.6 is 0 Å². The van der Waals surface area contributed by atoms with Crippen LogP contribution in [0.3, 0.4) is 0 Å². The van der Waals surface area contributed by atoms with Gasteiger partial charge in [0.1, 0.15) is 19.3 Å². The first-order valence-corrected chi connectivity index (χ1v) is 8.93. The smallest absolute Gasteiger partial charge is 0.303 e. The summed E-state index contributed by atoms with van der Waals surface area (Å²) in [7, 11) is 1.18. The minimum atomic E-state index is -1.96. The maximum absolute atomic E-state index is 11.8. The van der Waals surface area contributed by atoms with Gasteiger partial charge in [0.15, 0.2) is 18.3 Å². The summed E-state index contributed by atoms with van der Waals surface area (Å²) in [4.78, 5) is 57.8. The Bertz CT molecular complexity index is 674. The van der Waals surface area contributed by atoms with Gasteiger partial charge >= 0.3 is 29.8 Å². The van der Waals surface area contributed by atoms with Crippen molar-refractivity contribution in [3.05, 3.63) is 0 Å². The van der Waals surface area contributed by atoms with Gasteiger partial charge in [0.2, 0.25) is 5.79 Å². The second-order valence-electron chi connectivity index (χ2n) is 6.43. The van der Waals surface area contributed by atoms with Crippen molar-refractivity contribution in [2.75, 3.05) is 20.3 Å². The fourth-order valence-corrected chi connectivity index (χ4v) is 2.89. The van der Waals surface area contributed by atoms with Crippen molar-refractivity contribution >= 4 is 29.8 Å². The molecular formula is C18H26O12. The standard InChI is InChI=1S/C18H26O12/c1-9(19)25-7-14-15(27-11(3)21)16(28-12(4)22)17(29-13(5)23)18(24-6,30-14)8-26-10(2)20/h14-17H,7-8H2,1-6H3/t14-,15-,16+,17+,18+/m1/s1. The first-order valence-electron chi connectivity index (χ1n) is 8.93. The minimum absolute atomic E-state index is 0.428. The van der Waals surface area contributed by atoms with Gasteiger partial charge in [0.05, 0.1) is 0 Å². The van der Waals surface area contributed by atoms with E-state index >= 15 is 0 Å². The molecule has 1 saturated heterocycles. The Hall–Kier alpha value is -2.73. The van der Waals surface area contributed by atoms with Gasteiger partial charge in [-0.1, -0.05) is 0 Å². The first kappa shape index (κ1) is 25.3. The molecule has 5 atom stereocenters. The summed E-state index contributed by atoms with van der Waals surface area (Å²) >= 11 is 0. The van der Waals surface area contributed by atoms with E-state index < -0.39 is 73.3 Å². The number of carbonyl (C=O) groups excluding carboxylic acids is 5. The molecule has 0 aromatic carbocycles. The van der Waals surface area contributed by atoms with Gasteiger partial charge in [0, 0.05) is 41.7 Å². The Labute approximate surface area is 173 Å². The number of carbonyl (C=O) groups is 5. The molecule has 0 bridgehead atoms. The quantitative estimate of drug-likeness (QED) is 0.363. The van der Waals surface area contributed by atoms with Crippen molar-refractivity contribution in [2.24, 2.45) is 0 Å². The van der Waals surface area contributed by atoms with Gasteiger partial charge in [-0.2, -0.15) is 0 Å². The normalized spacial score (nSPS) is 28.1. The highest BCUT2D eigenvalue weighted by Gasteiger charge is 2.61. The Kier molecular flexibility index (Phi) is 9.18. The largest absolute Gasteiger partial charge is 0.463 e. The van der Waals surface area contributed by atoms with E-state index in [4.69, 9.17) is 33.2 Å². The van der Waals surface area contributed by atoms with Crippen LogP contribution in [0, 0.1) is 0 Å². The lowest BCUT2D eigenvalue weighted by Gasteiger charge is -2.49. The van der Waals surface area contributed by atoms with Crippen molar-refractivity contribution in [1.29, 1.82) is 0 Å². The van der Waals surface area contributed by atoms with Gasteiger partial charge < -0.3 is 33.2 Å². The molecule has 0 N–H and O–H groups in total. The predicted octanol–water partition coefficient (Wildman–Crippen LogP) is -0.351. The Balaban J connectivity index is 3.51. The molecule has 12 nitrogen and oxygen atoms in total. The van der Waals surface area contributed by atoms with Gasteiger partial charge in [0.25, 0.3) is 0 Å². The van der Waals surface area contributed by atoms with E-state index in [0.717, 1.165) is 34.6 Å². The Morgan fingerprint density at radius 3 is 1.67 bits per heavy atom. The zero-order valence-electron chi connectivity index (χ0n) is 17.6. The van der Waals surface area contributed by atoms with E-state index in [1.807, 2.05) is 0 Å². The lowest BCUT2D eigenvalue weighted by Crippen LogP contribution is -2.70. The summed E-state index contributed by atoms with van der Waals surface area (Å²) in [6, 6.07) is 0. The fourth-order valence-electron chi connectivity index (χ4n) is 2.89. The number of ether oxygens (including phenoxy) is 7. The molecule has 0 aromatic rings. The van der Waals surface area contributed by atoms with Gasteiger partial charge in [-0.15, -0.1) is 0 Å². The van der Waals surface area contributed by atoms with E-state index in [2.05, 4.69) is 0 Å². The average molecular weight is 434 g/mol. The van der Waals surface area contributed by atoms with Crippen LogP contribution in [0.25, 0.3) is 0 Å². The van der Waals surface area contributed by atoms with Crippen molar-refractivity contribution in [2.45, 2.75) is 64.8 Å². The molecule has 1 heterocycles. The monoisotopic (exact) mass is 434 g/mol. The summed E-state index contributed by atoms with van der Waals surface area (Å²) in [5.41, 5.74) is 0. The lowest BCUT2D eigenvalue weighted by molar-refractivity contribution is -0.367. The van der Waals surface area contributed by atoms with Crippen molar-refractivity contribution in [3.8, 4) is 0 Å². The second kappa shape index (κ2) is 10.9. The molecule has 170 valence electrons. The lowest BCUT2D eigenvalue weighted by atomic mass is 9.91. The number of hydrogen-bond donors (Lipinski definition) is 0. The second-order valence-corrected chi connectivity index (χ2v) is 6.43. The molecular weight excluding hydrogens is 408 g/mol. The molecule has 0 saturated carbocycles. The predicted molar refractivity (Wildman–Crippen MR) is 94.5 cm³/mol. The van der Waals surface area contributed by atoms with Crippen LogP contribution in [0.2, 0.25) is 0 Å². The molecule has 30 heavy (non-hydrogen) atoms. The van der Waals surface area contributed by atoms with Crippen LogP contribution in [0.4, 0.5) is 0 Å². The average Bonchev–Trinajstić information content (AvgIpc) is 2.61. The number of methoxy groups -OCH3 is 1. The molecule has 1 rings (SSSR count). The highest BCUT2D eigenvalue weighted by Crippen LogP contribution is 2.37. The van der Waals surface area contributed by atoms with Gasteiger partial charge in [-0.25, -0.2) is 0 Å². The third kappa shape index (κ3) is 6.95. The summed E-state index contributed by atoms with van der Waals surface area (Å²) in [6.07, 6.45) is -5.48. The maximum atomic E-state index is 11.8. The van der Waals surface area contributed by atoms with Gasteiger partial charge in [-0.05, 0) is 0 Å². The Morgan fingerprint density at radius 2 is 1.23 bits per heavy atom. The third-order valence-electron chi connectivity index (χ3n) is 3.94. The van der Waals surface area contributed by atoms with Crippen LogP contribution in [-0.2, 0) is 57.1 Å². The molecule has 0 aromatic heterocycles. The molecule has 1 aliphatic heterocycles. The molecule has 0 radical (unpaired) electrons.